The fourth-order valence-corrected chi connectivity index (χ4v) is 3.75. The molecule has 1 N–H and O–H groups in total. The zero-order valence-corrected chi connectivity index (χ0v) is 17.7. The van der Waals surface area contributed by atoms with Crippen LogP contribution in [0.15, 0.2) is 0 Å². The van der Waals surface area contributed by atoms with Crippen molar-refractivity contribution >= 4 is 11.8 Å². The van der Waals surface area contributed by atoms with E-state index in [1.165, 1.54) is 0 Å². The predicted octanol–water partition coefficient (Wildman–Crippen LogP) is 2.04. The van der Waals surface area contributed by atoms with Crippen molar-refractivity contribution < 1.29 is 24.1 Å². The smallest absolute Gasteiger partial charge is 0.0797 e. The van der Waals surface area contributed by atoms with E-state index in [9.17, 15) is 5.11 Å². The molecule has 0 saturated carbocycles. The Balaban J connectivity index is 2.73. The zero-order valence-electron chi connectivity index (χ0n) is 16.9. The molecule has 1 heterocycles. The molecular formula is C19H39NO5S. The fourth-order valence-electron chi connectivity index (χ4n) is 3.29. The number of hydrogen-bond donors (Lipinski definition) is 1. The lowest BCUT2D eigenvalue weighted by atomic mass is 9.85. The number of nitrogens with zero attached hydrogens (tertiary/aromatic N) is 1. The van der Waals surface area contributed by atoms with Gasteiger partial charge in [-0.2, -0.15) is 11.8 Å². The van der Waals surface area contributed by atoms with Crippen molar-refractivity contribution in [3.05, 3.63) is 0 Å². The largest absolute Gasteiger partial charge is 0.388 e. The van der Waals surface area contributed by atoms with Crippen LogP contribution in [0.1, 0.15) is 33.1 Å². The van der Waals surface area contributed by atoms with Crippen LogP contribution in [0.4, 0.5) is 0 Å². The molecule has 1 aliphatic rings. The molecule has 1 fully saturated rings. The number of thioether (sulfide) groups is 1. The minimum absolute atomic E-state index is 0.111. The van der Waals surface area contributed by atoms with Gasteiger partial charge in [0.25, 0.3) is 0 Å². The molecule has 1 saturated heterocycles. The van der Waals surface area contributed by atoms with Gasteiger partial charge >= 0.3 is 0 Å². The molecule has 7 heteroatoms. The van der Waals surface area contributed by atoms with Crippen LogP contribution in [0.3, 0.4) is 0 Å². The standard InChI is InChI=1S/C19H39NO5S/c1-4-19(21,5-2)18(6-17-26-3)20-7-9-22-11-13-24-15-16-25-14-12-23-10-8-20/h18,21H,4-17H2,1-3H3/t18-/m0/s1. The highest BCUT2D eigenvalue weighted by Gasteiger charge is 2.36. The summed E-state index contributed by atoms with van der Waals surface area (Å²) in [6.07, 6.45) is 4.59. The predicted molar refractivity (Wildman–Crippen MR) is 107 cm³/mol. The van der Waals surface area contributed by atoms with Crippen molar-refractivity contribution in [1.82, 2.24) is 4.90 Å². The Morgan fingerprint density at radius 1 is 0.846 bits per heavy atom. The lowest BCUT2D eigenvalue weighted by molar-refractivity contribution is -0.0683. The van der Waals surface area contributed by atoms with E-state index in [-0.39, 0.29) is 6.04 Å². The van der Waals surface area contributed by atoms with Gasteiger partial charge in [0.15, 0.2) is 0 Å². The maximum absolute atomic E-state index is 11.2. The summed E-state index contributed by atoms with van der Waals surface area (Å²) in [6, 6.07) is 0.111. The Kier molecular flexibility index (Phi) is 14.0. The monoisotopic (exact) mass is 393 g/mol. The van der Waals surface area contributed by atoms with E-state index in [4.69, 9.17) is 18.9 Å². The molecule has 156 valence electrons. The molecule has 0 radical (unpaired) electrons. The topological polar surface area (TPSA) is 60.4 Å². The maximum atomic E-state index is 11.2. The second-order valence-corrected chi connectivity index (χ2v) is 7.58. The Bertz CT molecular complexity index is 315. The molecule has 0 aliphatic carbocycles. The van der Waals surface area contributed by atoms with Gasteiger partial charge in [-0.1, -0.05) is 13.8 Å². The number of rotatable bonds is 7. The average molecular weight is 394 g/mol. The molecular weight excluding hydrogens is 354 g/mol. The van der Waals surface area contributed by atoms with E-state index in [1.807, 2.05) is 11.8 Å². The first-order valence-corrected chi connectivity index (χ1v) is 11.3. The molecule has 1 atom stereocenters. The molecule has 0 unspecified atom stereocenters. The van der Waals surface area contributed by atoms with Gasteiger partial charge in [0.2, 0.25) is 0 Å². The van der Waals surface area contributed by atoms with Gasteiger partial charge < -0.3 is 24.1 Å². The summed E-state index contributed by atoms with van der Waals surface area (Å²) in [5.41, 5.74) is -0.676. The maximum Gasteiger partial charge on any atom is 0.0797 e. The molecule has 1 rings (SSSR count). The van der Waals surface area contributed by atoms with E-state index in [1.54, 1.807) is 0 Å². The van der Waals surface area contributed by atoms with Crippen LogP contribution in [0.2, 0.25) is 0 Å². The minimum Gasteiger partial charge on any atom is -0.388 e. The quantitative estimate of drug-likeness (QED) is 0.710. The highest BCUT2D eigenvalue weighted by Crippen LogP contribution is 2.27. The summed E-state index contributed by atoms with van der Waals surface area (Å²) in [6.45, 7) is 10.5. The third-order valence-corrected chi connectivity index (χ3v) is 5.69. The first-order chi connectivity index (χ1) is 12.7. The second kappa shape index (κ2) is 15.1. The van der Waals surface area contributed by atoms with E-state index in [0.29, 0.717) is 52.9 Å². The van der Waals surface area contributed by atoms with Crippen molar-refractivity contribution in [1.29, 1.82) is 0 Å². The first-order valence-electron chi connectivity index (χ1n) is 9.94. The van der Waals surface area contributed by atoms with Crippen LogP contribution < -0.4 is 0 Å². The van der Waals surface area contributed by atoms with Crippen LogP contribution in [0, 0.1) is 0 Å². The molecule has 26 heavy (non-hydrogen) atoms. The van der Waals surface area contributed by atoms with Gasteiger partial charge in [-0.05, 0) is 31.3 Å². The summed E-state index contributed by atoms with van der Waals surface area (Å²) in [4.78, 5) is 2.35. The summed E-state index contributed by atoms with van der Waals surface area (Å²) in [5.74, 6) is 1.03. The van der Waals surface area contributed by atoms with Crippen LogP contribution in [-0.4, -0.2) is 99.6 Å². The van der Waals surface area contributed by atoms with Gasteiger partial charge in [-0.25, -0.2) is 0 Å². The lowest BCUT2D eigenvalue weighted by Gasteiger charge is -2.42. The molecule has 6 nitrogen and oxygen atoms in total. The average Bonchev–Trinajstić information content (AvgIpc) is 2.67. The SMILES string of the molecule is CCC(O)(CC)[C@H](CCSC)N1CCOCCOCCOCCOCC1. The van der Waals surface area contributed by atoms with Crippen LogP contribution in [-0.2, 0) is 18.9 Å². The normalized spacial score (nSPS) is 21.7. The third kappa shape index (κ3) is 9.35. The van der Waals surface area contributed by atoms with Gasteiger partial charge in [0.1, 0.15) is 0 Å². The summed E-state index contributed by atoms with van der Waals surface area (Å²) >= 11 is 1.83. The molecule has 0 spiro atoms. The molecule has 0 bridgehead atoms. The Labute approximate surface area is 163 Å². The molecule has 0 aromatic rings. The Morgan fingerprint density at radius 3 is 1.65 bits per heavy atom. The molecule has 1 aliphatic heterocycles. The van der Waals surface area contributed by atoms with Gasteiger partial charge in [0.05, 0.1) is 58.5 Å². The highest BCUT2D eigenvalue weighted by atomic mass is 32.2. The second-order valence-electron chi connectivity index (χ2n) is 6.59. The van der Waals surface area contributed by atoms with E-state index >= 15 is 0 Å². The number of ether oxygens (including phenoxy) is 4. The van der Waals surface area contributed by atoms with Crippen LogP contribution >= 0.6 is 11.8 Å². The third-order valence-electron chi connectivity index (χ3n) is 5.04. The van der Waals surface area contributed by atoms with E-state index in [2.05, 4.69) is 25.0 Å². The van der Waals surface area contributed by atoms with E-state index in [0.717, 1.165) is 38.1 Å². The molecule has 0 aromatic heterocycles. The zero-order chi connectivity index (χ0) is 19.1. The first kappa shape index (κ1) is 24.1. The van der Waals surface area contributed by atoms with Crippen LogP contribution in [0.5, 0.6) is 0 Å². The van der Waals surface area contributed by atoms with E-state index < -0.39 is 5.60 Å². The van der Waals surface area contributed by atoms with Crippen molar-refractivity contribution in [3.63, 3.8) is 0 Å². The highest BCUT2D eigenvalue weighted by molar-refractivity contribution is 7.98. The fraction of sp³-hybridized carbons (Fsp3) is 1.00. The van der Waals surface area contributed by atoms with Crippen molar-refractivity contribution in [2.75, 3.05) is 78.0 Å². The van der Waals surface area contributed by atoms with Crippen molar-refractivity contribution in [2.45, 2.75) is 44.8 Å². The van der Waals surface area contributed by atoms with Gasteiger partial charge in [-0.15, -0.1) is 0 Å². The van der Waals surface area contributed by atoms with Crippen LogP contribution in [0.25, 0.3) is 0 Å². The van der Waals surface area contributed by atoms with Gasteiger partial charge in [0, 0.05) is 19.1 Å². The Hall–Kier alpha value is 0.110. The van der Waals surface area contributed by atoms with Gasteiger partial charge in [-0.3, -0.25) is 4.90 Å². The summed E-state index contributed by atoms with van der Waals surface area (Å²) in [5, 5.41) is 11.2. The molecule has 0 amide bonds. The van der Waals surface area contributed by atoms with Crippen molar-refractivity contribution in [2.24, 2.45) is 0 Å². The molecule has 0 aromatic carbocycles. The minimum atomic E-state index is -0.676. The Morgan fingerprint density at radius 2 is 1.27 bits per heavy atom. The summed E-state index contributed by atoms with van der Waals surface area (Å²) in [7, 11) is 0. The number of hydrogen-bond acceptors (Lipinski definition) is 7. The number of aliphatic hydroxyl groups is 1. The summed E-state index contributed by atoms with van der Waals surface area (Å²) < 4.78 is 22.4. The lowest BCUT2D eigenvalue weighted by Crippen LogP contribution is -2.54. The van der Waals surface area contributed by atoms with Crippen molar-refractivity contribution in [3.8, 4) is 0 Å².